The number of rotatable bonds is 5. The third-order valence-electron chi connectivity index (χ3n) is 5.87. The number of hydrogen-bond acceptors (Lipinski definition) is 6. The average molecular weight is 384 g/mol. The van der Waals surface area contributed by atoms with Crippen LogP contribution in [0.25, 0.3) is 0 Å². The number of anilines is 1. The van der Waals surface area contributed by atoms with Gasteiger partial charge >= 0.3 is 0 Å². The summed E-state index contributed by atoms with van der Waals surface area (Å²) < 4.78 is 10.8. The molecule has 1 amide bonds. The molecule has 1 saturated carbocycles. The summed E-state index contributed by atoms with van der Waals surface area (Å²) >= 11 is 0. The zero-order valence-corrected chi connectivity index (χ0v) is 16.7. The van der Waals surface area contributed by atoms with Crippen LogP contribution in [0.5, 0.6) is 5.75 Å². The second-order valence-electron chi connectivity index (χ2n) is 7.82. The molecule has 2 aliphatic rings. The molecule has 0 unspecified atom stereocenters. The van der Waals surface area contributed by atoms with Gasteiger partial charge in [0, 0.05) is 13.5 Å². The molecule has 0 spiro atoms. The fourth-order valence-corrected chi connectivity index (χ4v) is 4.56. The van der Waals surface area contributed by atoms with E-state index in [2.05, 4.69) is 26.4 Å². The minimum absolute atomic E-state index is 0.0110. The van der Waals surface area contributed by atoms with Crippen LogP contribution < -0.4 is 15.0 Å². The van der Waals surface area contributed by atoms with Crippen molar-refractivity contribution in [1.82, 2.24) is 15.5 Å². The van der Waals surface area contributed by atoms with Gasteiger partial charge in [-0.1, -0.05) is 36.6 Å². The largest absolute Gasteiger partial charge is 0.495 e. The molecule has 1 aromatic carbocycles. The Morgan fingerprint density at radius 1 is 1.29 bits per heavy atom. The molecule has 150 valence electrons. The number of aromatic nitrogens is 2. The Morgan fingerprint density at radius 2 is 2.11 bits per heavy atom. The number of amides is 1. The van der Waals surface area contributed by atoms with Crippen molar-refractivity contribution < 1.29 is 14.1 Å². The van der Waals surface area contributed by atoms with E-state index in [9.17, 15) is 4.79 Å². The quantitative estimate of drug-likeness (QED) is 0.853. The van der Waals surface area contributed by atoms with E-state index in [0.717, 1.165) is 56.5 Å². The average Bonchev–Trinajstić information content (AvgIpc) is 3.15. The van der Waals surface area contributed by atoms with E-state index in [4.69, 9.17) is 9.26 Å². The summed E-state index contributed by atoms with van der Waals surface area (Å²) in [5.74, 6) is 1.95. The van der Waals surface area contributed by atoms with E-state index in [1.165, 1.54) is 12.0 Å². The zero-order chi connectivity index (χ0) is 19.6. The maximum atomic E-state index is 13.1. The van der Waals surface area contributed by atoms with Crippen molar-refractivity contribution in [3.05, 3.63) is 35.5 Å². The van der Waals surface area contributed by atoms with Crippen LogP contribution in [-0.4, -0.2) is 36.2 Å². The molecule has 2 heterocycles. The van der Waals surface area contributed by atoms with Gasteiger partial charge in [0.2, 0.25) is 11.8 Å². The Labute approximate surface area is 165 Å². The number of benzene rings is 1. The smallest absolute Gasteiger partial charge is 0.240 e. The Hall–Kier alpha value is -2.57. The van der Waals surface area contributed by atoms with Crippen LogP contribution in [0.2, 0.25) is 0 Å². The van der Waals surface area contributed by atoms with E-state index in [1.54, 1.807) is 14.0 Å². The van der Waals surface area contributed by atoms with Gasteiger partial charge in [0.25, 0.3) is 0 Å². The first-order valence-electron chi connectivity index (χ1n) is 10.1. The normalized spacial score (nSPS) is 18.4. The molecule has 0 radical (unpaired) electrons. The maximum absolute atomic E-state index is 13.1. The summed E-state index contributed by atoms with van der Waals surface area (Å²) in [7, 11) is 1.68. The topological polar surface area (TPSA) is 80.5 Å². The summed E-state index contributed by atoms with van der Waals surface area (Å²) in [6, 6.07) is 6.09. The lowest BCUT2D eigenvalue weighted by molar-refractivity contribution is -0.122. The van der Waals surface area contributed by atoms with Gasteiger partial charge in [0.05, 0.1) is 19.3 Å². The third-order valence-corrected chi connectivity index (χ3v) is 5.87. The van der Waals surface area contributed by atoms with Crippen LogP contribution >= 0.6 is 0 Å². The molecule has 1 N–H and O–H groups in total. The van der Waals surface area contributed by atoms with Crippen LogP contribution in [0.4, 0.5) is 5.69 Å². The molecule has 28 heavy (non-hydrogen) atoms. The van der Waals surface area contributed by atoms with E-state index in [0.29, 0.717) is 18.3 Å². The van der Waals surface area contributed by atoms with Crippen molar-refractivity contribution in [2.75, 3.05) is 25.1 Å². The highest BCUT2D eigenvalue weighted by molar-refractivity contribution is 5.83. The number of fused-ring (bicyclic) bond motifs is 1. The second kappa shape index (κ2) is 7.81. The van der Waals surface area contributed by atoms with E-state index >= 15 is 0 Å². The molecule has 1 aromatic heterocycles. The van der Waals surface area contributed by atoms with Crippen molar-refractivity contribution in [2.24, 2.45) is 0 Å². The minimum atomic E-state index is -0.521. The predicted octanol–water partition coefficient (Wildman–Crippen LogP) is 3.12. The summed E-state index contributed by atoms with van der Waals surface area (Å²) in [4.78, 5) is 19.7. The van der Waals surface area contributed by atoms with Crippen LogP contribution in [-0.2, 0) is 16.8 Å². The number of nitrogens with zero attached hydrogens (tertiary/aromatic N) is 3. The molecule has 1 fully saturated rings. The van der Waals surface area contributed by atoms with Crippen LogP contribution in [0.3, 0.4) is 0 Å². The zero-order valence-electron chi connectivity index (χ0n) is 16.7. The third kappa shape index (κ3) is 3.57. The summed E-state index contributed by atoms with van der Waals surface area (Å²) in [6.45, 7) is 2.92. The van der Waals surface area contributed by atoms with Gasteiger partial charge in [0.1, 0.15) is 11.3 Å². The van der Waals surface area contributed by atoms with Gasteiger partial charge in [0.15, 0.2) is 5.82 Å². The van der Waals surface area contributed by atoms with Gasteiger partial charge in [-0.2, -0.15) is 4.98 Å². The Kier molecular flexibility index (Phi) is 5.24. The van der Waals surface area contributed by atoms with Gasteiger partial charge in [-0.05, 0) is 37.3 Å². The highest BCUT2D eigenvalue weighted by Crippen LogP contribution is 2.37. The predicted molar refractivity (Wildman–Crippen MR) is 105 cm³/mol. The molecule has 0 atom stereocenters. The first kappa shape index (κ1) is 18.8. The first-order chi connectivity index (χ1) is 13.6. The van der Waals surface area contributed by atoms with Crippen molar-refractivity contribution in [1.29, 1.82) is 0 Å². The van der Waals surface area contributed by atoms with Gasteiger partial charge in [-0.15, -0.1) is 0 Å². The lowest BCUT2D eigenvalue weighted by atomic mass is 9.81. The molecule has 7 nitrogen and oxygen atoms in total. The monoisotopic (exact) mass is 384 g/mol. The number of ether oxygens (including phenoxy) is 1. The molecule has 7 heteroatoms. The van der Waals surface area contributed by atoms with Gasteiger partial charge < -0.3 is 19.5 Å². The summed E-state index contributed by atoms with van der Waals surface area (Å²) in [5.41, 5.74) is 1.76. The molecule has 0 saturated heterocycles. The van der Waals surface area contributed by atoms with Crippen molar-refractivity contribution in [3.8, 4) is 5.75 Å². The van der Waals surface area contributed by atoms with Crippen LogP contribution in [0.15, 0.2) is 22.7 Å². The lowest BCUT2D eigenvalue weighted by Gasteiger charge is -2.37. The van der Waals surface area contributed by atoms with Crippen molar-refractivity contribution in [3.63, 3.8) is 0 Å². The number of carbonyl (C=O) groups excluding carboxylic acids is 1. The molecule has 1 aliphatic heterocycles. The van der Waals surface area contributed by atoms with E-state index in [1.807, 2.05) is 12.1 Å². The first-order valence-corrected chi connectivity index (χ1v) is 10.1. The van der Waals surface area contributed by atoms with Gasteiger partial charge in [-0.3, -0.25) is 4.79 Å². The van der Waals surface area contributed by atoms with Crippen molar-refractivity contribution in [2.45, 2.75) is 57.4 Å². The minimum Gasteiger partial charge on any atom is -0.495 e. The second-order valence-corrected chi connectivity index (χ2v) is 7.82. The van der Waals surface area contributed by atoms with Gasteiger partial charge in [-0.25, -0.2) is 0 Å². The number of hydrogen-bond donors (Lipinski definition) is 1. The number of para-hydroxylation sites is 1. The lowest BCUT2D eigenvalue weighted by Crippen LogP contribution is -2.51. The van der Waals surface area contributed by atoms with Crippen LogP contribution in [0.1, 0.15) is 55.8 Å². The summed E-state index contributed by atoms with van der Waals surface area (Å²) in [6.07, 6.45) is 7.00. The SMILES string of the molecule is COc1cccc2c1N(CC(=O)NC1(c3noc(C)n3)CCCCC1)CCC2. The molecular weight excluding hydrogens is 356 g/mol. The fourth-order valence-electron chi connectivity index (χ4n) is 4.56. The Morgan fingerprint density at radius 3 is 2.82 bits per heavy atom. The summed E-state index contributed by atoms with van der Waals surface area (Å²) in [5, 5.41) is 7.41. The van der Waals surface area contributed by atoms with E-state index < -0.39 is 5.54 Å². The maximum Gasteiger partial charge on any atom is 0.240 e. The van der Waals surface area contributed by atoms with E-state index in [-0.39, 0.29) is 5.91 Å². The Bertz CT molecular complexity index is 828. The number of carbonyl (C=O) groups is 1. The number of methoxy groups -OCH3 is 1. The standard InChI is InChI=1S/C21H28N4O3/c1-15-22-20(24-28-15)21(11-4-3-5-12-21)23-18(26)14-25-13-7-9-16-8-6-10-17(27-2)19(16)25/h6,8,10H,3-5,7,9,11-14H2,1-2H3,(H,23,26). The molecule has 1 aliphatic carbocycles. The number of aryl methyl sites for hydroxylation is 2. The number of nitrogens with one attached hydrogen (secondary N) is 1. The molecule has 2 aromatic rings. The fraction of sp³-hybridized carbons (Fsp3) is 0.571. The Balaban J connectivity index is 1.54. The van der Waals surface area contributed by atoms with Crippen molar-refractivity contribution >= 4 is 11.6 Å². The molecular formula is C21H28N4O3. The highest BCUT2D eigenvalue weighted by atomic mass is 16.5. The molecule has 0 bridgehead atoms. The highest BCUT2D eigenvalue weighted by Gasteiger charge is 2.40. The molecule has 4 rings (SSSR count). The van der Waals surface area contributed by atoms with Crippen LogP contribution in [0, 0.1) is 6.92 Å².